The summed E-state index contributed by atoms with van der Waals surface area (Å²) in [5.41, 5.74) is 2.32. The van der Waals surface area contributed by atoms with Crippen molar-refractivity contribution in [2.75, 3.05) is 5.32 Å². The summed E-state index contributed by atoms with van der Waals surface area (Å²) in [6, 6.07) is 9.33. The molecule has 0 atom stereocenters. The van der Waals surface area contributed by atoms with Crippen molar-refractivity contribution in [3.63, 3.8) is 0 Å². The summed E-state index contributed by atoms with van der Waals surface area (Å²) in [6.45, 7) is 0. The number of halogens is 2. The molecule has 0 saturated heterocycles. The average Bonchev–Trinajstić information content (AvgIpc) is 2.86. The zero-order chi connectivity index (χ0) is 12.7. The molecule has 90 valence electrons. The van der Waals surface area contributed by atoms with E-state index in [9.17, 15) is 4.79 Å². The summed E-state index contributed by atoms with van der Waals surface area (Å²) in [4.78, 5) is 13.0. The first-order chi connectivity index (χ1) is 8.63. The van der Waals surface area contributed by atoms with Crippen LogP contribution in [-0.2, 0) is 4.79 Å². The highest BCUT2D eigenvalue weighted by Crippen LogP contribution is 2.36. The Balaban J connectivity index is 2.11. The minimum absolute atomic E-state index is 0.0863. The van der Waals surface area contributed by atoms with Crippen LogP contribution in [0.5, 0.6) is 0 Å². The summed E-state index contributed by atoms with van der Waals surface area (Å²) < 4.78 is 1.04. The number of thiophene rings is 1. The first-order valence-electron chi connectivity index (χ1n) is 5.22. The maximum Gasteiger partial charge on any atom is 0.256 e. The van der Waals surface area contributed by atoms with E-state index in [1.54, 1.807) is 17.4 Å². The Morgan fingerprint density at radius 3 is 2.83 bits per heavy atom. The lowest BCUT2D eigenvalue weighted by Gasteiger charge is -1.98. The lowest BCUT2D eigenvalue weighted by Crippen LogP contribution is -2.03. The van der Waals surface area contributed by atoms with E-state index in [1.165, 1.54) is 0 Å². The largest absolute Gasteiger partial charge is 0.321 e. The second-order valence-corrected chi connectivity index (χ2v) is 6.77. The summed E-state index contributed by atoms with van der Waals surface area (Å²) in [6.07, 6.45) is 1.88. The van der Waals surface area contributed by atoms with Crippen molar-refractivity contribution in [1.82, 2.24) is 0 Å². The van der Waals surface area contributed by atoms with E-state index in [2.05, 4.69) is 21.2 Å². The number of fused-ring (bicyclic) bond motifs is 1. The SMILES string of the molecule is O=C1Nc2ccc(Cl)cc2/C1=C/c1ccc(Br)s1. The van der Waals surface area contributed by atoms with Gasteiger partial charge in [-0.3, -0.25) is 4.79 Å². The minimum Gasteiger partial charge on any atom is -0.321 e. The van der Waals surface area contributed by atoms with Crippen LogP contribution >= 0.6 is 38.9 Å². The fourth-order valence-electron chi connectivity index (χ4n) is 1.85. The van der Waals surface area contributed by atoms with Crippen LogP contribution in [0.2, 0.25) is 5.02 Å². The Kier molecular flexibility index (Phi) is 3.01. The Morgan fingerprint density at radius 1 is 1.28 bits per heavy atom. The molecule has 0 unspecified atom stereocenters. The van der Waals surface area contributed by atoms with Gasteiger partial charge in [-0.1, -0.05) is 11.6 Å². The summed E-state index contributed by atoms with van der Waals surface area (Å²) in [5, 5.41) is 3.46. The van der Waals surface area contributed by atoms with Crippen LogP contribution in [0, 0.1) is 0 Å². The van der Waals surface area contributed by atoms with E-state index in [4.69, 9.17) is 11.6 Å². The zero-order valence-electron chi connectivity index (χ0n) is 9.04. The summed E-state index contributed by atoms with van der Waals surface area (Å²) in [7, 11) is 0. The second-order valence-electron chi connectivity index (χ2n) is 3.84. The highest BCUT2D eigenvalue weighted by Gasteiger charge is 2.24. The molecule has 1 aliphatic rings. The van der Waals surface area contributed by atoms with Crippen molar-refractivity contribution >= 4 is 62.1 Å². The van der Waals surface area contributed by atoms with Crippen LogP contribution in [0.25, 0.3) is 11.6 Å². The lowest BCUT2D eigenvalue weighted by molar-refractivity contribution is -0.110. The molecular formula is C13H7BrClNOS. The highest BCUT2D eigenvalue weighted by molar-refractivity contribution is 9.11. The van der Waals surface area contributed by atoms with Crippen LogP contribution in [0.15, 0.2) is 34.1 Å². The number of hydrogen-bond acceptors (Lipinski definition) is 2. The third kappa shape index (κ3) is 2.11. The van der Waals surface area contributed by atoms with E-state index in [1.807, 2.05) is 30.3 Å². The molecular weight excluding hydrogens is 334 g/mol. The molecule has 5 heteroatoms. The van der Waals surface area contributed by atoms with E-state index in [0.717, 1.165) is 19.9 Å². The van der Waals surface area contributed by atoms with Crippen LogP contribution in [0.3, 0.4) is 0 Å². The Bertz CT molecular complexity index is 677. The van der Waals surface area contributed by atoms with Crippen LogP contribution in [0.1, 0.15) is 10.4 Å². The van der Waals surface area contributed by atoms with Crippen molar-refractivity contribution in [3.8, 4) is 0 Å². The molecule has 2 heterocycles. The van der Waals surface area contributed by atoms with Crippen LogP contribution < -0.4 is 5.32 Å². The monoisotopic (exact) mass is 339 g/mol. The molecule has 18 heavy (non-hydrogen) atoms. The van der Waals surface area contributed by atoms with Gasteiger partial charge in [0.2, 0.25) is 0 Å². The molecule has 2 nitrogen and oxygen atoms in total. The van der Waals surface area contributed by atoms with Crippen LogP contribution in [0.4, 0.5) is 5.69 Å². The normalized spacial score (nSPS) is 15.9. The molecule has 1 aromatic carbocycles. The molecule has 0 spiro atoms. The van der Waals surface area contributed by atoms with Gasteiger partial charge in [0.05, 0.1) is 9.36 Å². The topological polar surface area (TPSA) is 29.1 Å². The lowest BCUT2D eigenvalue weighted by atomic mass is 10.1. The Hall–Kier alpha value is -1.10. The second kappa shape index (κ2) is 4.53. The van der Waals surface area contributed by atoms with Crippen molar-refractivity contribution in [1.29, 1.82) is 0 Å². The standard InChI is InChI=1S/C13H7BrClNOS/c14-12-4-2-8(18-12)6-10-9-5-7(15)1-3-11(9)16-13(10)17/h1-6H,(H,16,17)/b10-6-. The van der Waals surface area contributed by atoms with Gasteiger partial charge in [-0.25, -0.2) is 0 Å². The highest BCUT2D eigenvalue weighted by atomic mass is 79.9. The summed E-state index contributed by atoms with van der Waals surface area (Å²) >= 11 is 11.0. The zero-order valence-corrected chi connectivity index (χ0v) is 12.2. The molecule has 3 rings (SSSR count). The van der Waals surface area contributed by atoms with Crippen LogP contribution in [-0.4, -0.2) is 5.91 Å². The maximum atomic E-state index is 11.9. The number of carbonyl (C=O) groups excluding carboxylic acids is 1. The fraction of sp³-hybridized carbons (Fsp3) is 0. The van der Waals surface area contributed by atoms with Gasteiger partial charge in [0.15, 0.2) is 0 Å². The molecule has 2 aromatic rings. The maximum absolute atomic E-state index is 11.9. The van der Waals surface area contributed by atoms with Gasteiger partial charge in [0.25, 0.3) is 5.91 Å². The van der Waals surface area contributed by atoms with E-state index in [0.29, 0.717) is 10.6 Å². The number of carbonyl (C=O) groups is 1. The smallest absolute Gasteiger partial charge is 0.256 e. The average molecular weight is 341 g/mol. The van der Waals surface area contributed by atoms with Gasteiger partial charge >= 0.3 is 0 Å². The quantitative estimate of drug-likeness (QED) is 0.752. The van der Waals surface area contributed by atoms with Gasteiger partial charge in [-0.2, -0.15) is 0 Å². The molecule has 0 radical (unpaired) electrons. The number of benzene rings is 1. The van der Waals surface area contributed by atoms with Gasteiger partial charge in [0.1, 0.15) is 0 Å². The number of nitrogens with one attached hydrogen (secondary N) is 1. The molecule has 0 fully saturated rings. The fourth-order valence-corrected chi connectivity index (χ4v) is 3.39. The molecule has 0 aliphatic carbocycles. The molecule has 1 aliphatic heterocycles. The summed E-state index contributed by atoms with van der Waals surface area (Å²) in [5.74, 6) is -0.0863. The van der Waals surface area contributed by atoms with Gasteiger partial charge < -0.3 is 5.32 Å². The van der Waals surface area contributed by atoms with Gasteiger partial charge in [0, 0.05) is 21.2 Å². The van der Waals surface area contributed by atoms with Crippen molar-refractivity contribution in [2.45, 2.75) is 0 Å². The number of anilines is 1. The number of hydrogen-bond donors (Lipinski definition) is 1. The predicted octanol–water partition coefficient (Wildman–Crippen LogP) is 4.66. The van der Waals surface area contributed by atoms with Crippen molar-refractivity contribution in [3.05, 3.63) is 49.6 Å². The van der Waals surface area contributed by atoms with Crippen molar-refractivity contribution in [2.24, 2.45) is 0 Å². The molecule has 1 N–H and O–H groups in total. The predicted molar refractivity (Wildman–Crippen MR) is 80.0 cm³/mol. The van der Waals surface area contributed by atoms with E-state index < -0.39 is 0 Å². The number of rotatable bonds is 1. The molecule has 0 saturated carbocycles. The third-order valence-electron chi connectivity index (χ3n) is 2.65. The number of amides is 1. The van der Waals surface area contributed by atoms with E-state index >= 15 is 0 Å². The molecule has 0 bridgehead atoms. The van der Waals surface area contributed by atoms with Gasteiger partial charge in [-0.05, 0) is 52.3 Å². The first-order valence-corrected chi connectivity index (χ1v) is 7.20. The Morgan fingerprint density at radius 2 is 2.11 bits per heavy atom. The van der Waals surface area contributed by atoms with Gasteiger partial charge in [-0.15, -0.1) is 11.3 Å². The third-order valence-corrected chi connectivity index (χ3v) is 4.45. The molecule has 1 amide bonds. The van der Waals surface area contributed by atoms with E-state index in [-0.39, 0.29) is 5.91 Å². The first kappa shape index (κ1) is 12.0. The molecule has 1 aromatic heterocycles. The Labute approximate surface area is 121 Å². The minimum atomic E-state index is -0.0863. The van der Waals surface area contributed by atoms with Crippen molar-refractivity contribution < 1.29 is 4.79 Å².